The second kappa shape index (κ2) is 8.74. The largest absolute Gasteiger partial charge is 0.419 e. The summed E-state index contributed by atoms with van der Waals surface area (Å²) in [5.41, 5.74) is -0.709. The molecule has 1 saturated heterocycles. The molecular weight excluding hydrogens is 436 g/mol. The Kier molecular flexibility index (Phi) is 6.13. The highest BCUT2D eigenvalue weighted by Crippen LogP contribution is 2.35. The molecule has 3 aromatic rings. The predicted octanol–water partition coefficient (Wildman–Crippen LogP) is 4.80. The minimum absolute atomic E-state index is 0.0965. The fraction of sp³-hybridized carbons (Fsp3) is 0.435. The lowest BCUT2D eigenvalue weighted by Gasteiger charge is -2.26. The molecule has 1 aliphatic rings. The molecule has 33 heavy (non-hydrogen) atoms. The first-order chi connectivity index (χ1) is 15.6. The van der Waals surface area contributed by atoms with Gasteiger partial charge in [-0.05, 0) is 46.0 Å². The lowest BCUT2D eigenvalue weighted by Crippen LogP contribution is -2.34. The fourth-order valence-corrected chi connectivity index (χ4v) is 4.26. The van der Waals surface area contributed by atoms with Crippen LogP contribution in [0.25, 0.3) is 10.8 Å². The number of fused-ring (bicyclic) bond motifs is 1. The first-order valence-electron chi connectivity index (χ1n) is 10.7. The van der Waals surface area contributed by atoms with Crippen LogP contribution in [-0.2, 0) is 6.18 Å². The molecule has 1 N–H and O–H groups in total. The summed E-state index contributed by atoms with van der Waals surface area (Å²) in [6, 6.07) is 4.72. The molecule has 6 nitrogen and oxygen atoms in total. The van der Waals surface area contributed by atoms with E-state index in [1.165, 1.54) is 12.1 Å². The lowest BCUT2D eigenvalue weighted by atomic mass is 10.0. The van der Waals surface area contributed by atoms with Crippen molar-refractivity contribution in [3.63, 3.8) is 0 Å². The van der Waals surface area contributed by atoms with Crippen LogP contribution in [0.5, 0.6) is 0 Å². The Morgan fingerprint density at radius 1 is 1.21 bits per heavy atom. The fourth-order valence-electron chi connectivity index (χ4n) is 4.26. The number of nitrogens with zero attached hydrogens (tertiary/aromatic N) is 5. The van der Waals surface area contributed by atoms with Crippen LogP contribution >= 0.6 is 0 Å². The van der Waals surface area contributed by atoms with Crippen molar-refractivity contribution in [3.8, 4) is 0 Å². The SMILES string of the molecule is Cc1nnc(N[C@H](C)c2cccc(C(F)(F)F)c2F)c2cc(N(C)[C@H]3CCN(C)C3)ncc12. The third-order valence-corrected chi connectivity index (χ3v) is 6.26. The van der Waals surface area contributed by atoms with Crippen molar-refractivity contribution < 1.29 is 17.6 Å². The molecule has 2 atom stereocenters. The van der Waals surface area contributed by atoms with Crippen LogP contribution < -0.4 is 10.2 Å². The molecule has 0 spiro atoms. The number of alkyl halides is 3. The van der Waals surface area contributed by atoms with E-state index in [9.17, 15) is 17.6 Å². The topological polar surface area (TPSA) is 57.2 Å². The van der Waals surface area contributed by atoms with Gasteiger partial charge in [-0.1, -0.05) is 12.1 Å². The van der Waals surface area contributed by atoms with Crippen LogP contribution in [0.1, 0.15) is 36.2 Å². The van der Waals surface area contributed by atoms with Gasteiger partial charge in [-0.15, -0.1) is 5.10 Å². The van der Waals surface area contributed by atoms with E-state index in [0.717, 1.165) is 42.2 Å². The van der Waals surface area contributed by atoms with Crippen molar-refractivity contribution in [1.82, 2.24) is 20.1 Å². The Balaban J connectivity index is 1.69. The average Bonchev–Trinajstić information content (AvgIpc) is 3.20. The van der Waals surface area contributed by atoms with Gasteiger partial charge in [0.25, 0.3) is 0 Å². The van der Waals surface area contributed by atoms with Crippen LogP contribution in [0.15, 0.2) is 30.5 Å². The number of pyridine rings is 1. The third-order valence-electron chi connectivity index (χ3n) is 6.26. The quantitative estimate of drug-likeness (QED) is 0.550. The third kappa shape index (κ3) is 4.57. The maximum absolute atomic E-state index is 14.7. The average molecular weight is 462 g/mol. The van der Waals surface area contributed by atoms with Crippen LogP contribution in [-0.4, -0.2) is 53.3 Å². The Morgan fingerprint density at radius 3 is 2.64 bits per heavy atom. The van der Waals surface area contributed by atoms with E-state index in [2.05, 4.69) is 37.3 Å². The number of nitrogens with one attached hydrogen (secondary N) is 1. The Hall–Kier alpha value is -3.01. The van der Waals surface area contributed by atoms with Gasteiger partial charge in [0, 0.05) is 42.2 Å². The normalized spacial score (nSPS) is 18.0. The van der Waals surface area contributed by atoms with Gasteiger partial charge in [-0.3, -0.25) is 0 Å². The highest BCUT2D eigenvalue weighted by atomic mass is 19.4. The number of benzene rings is 1. The van der Waals surface area contributed by atoms with E-state index in [4.69, 9.17) is 0 Å². The molecule has 0 bridgehead atoms. The number of halogens is 4. The van der Waals surface area contributed by atoms with E-state index in [-0.39, 0.29) is 5.56 Å². The van der Waals surface area contributed by atoms with Gasteiger partial charge in [-0.25, -0.2) is 9.37 Å². The Morgan fingerprint density at radius 2 is 1.97 bits per heavy atom. The second-order valence-corrected chi connectivity index (χ2v) is 8.61. The summed E-state index contributed by atoms with van der Waals surface area (Å²) in [5.74, 6) is -0.168. The number of anilines is 2. The van der Waals surface area contributed by atoms with E-state index >= 15 is 0 Å². The number of aryl methyl sites for hydroxylation is 1. The minimum atomic E-state index is -4.77. The van der Waals surface area contributed by atoms with Gasteiger partial charge in [-0.2, -0.15) is 18.3 Å². The molecule has 0 aliphatic carbocycles. The summed E-state index contributed by atoms with van der Waals surface area (Å²) >= 11 is 0. The molecule has 0 unspecified atom stereocenters. The Bertz CT molecular complexity index is 1170. The van der Waals surface area contributed by atoms with Gasteiger partial charge in [0.2, 0.25) is 0 Å². The maximum Gasteiger partial charge on any atom is 0.419 e. The highest BCUT2D eigenvalue weighted by Gasteiger charge is 2.35. The highest BCUT2D eigenvalue weighted by molar-refractivity contribution is 5.94. The monoisotopic (exact) mass is 462 g/mol. The van der Waals surface area contributed by atoms with Gasteiger partial charge in [0.1, 0.15) is 11.6 Å². The number of hydrogen-bond acceptors (Lipinski definition) is 6. The second-order valence-electron chi connectivity index (χ2n) is 8.61. The molecule has 0 amide bonds. The van der Waals surface area contributed by atoms with Crippen molar-refractivity contribution >= 4 is 22.4 Å². The van der Waals surface area contributed by atoms with Crippen molar-refractivity contribution in [2.75, 3.05) is 37.4 Å². The van der Waals surface area contributed by atoms with Crippen molar-refractivity contribution in [2.45, 2.75) is 38.5 Å². The number of likely N-dealkylation sites (tertiary alicyclic amines) is 1. The summed E-state index contributed by atoms with van der Waals surface area (Å²) in [6.45, 7) is 5.35. The summed E-state index contributed by atoms with van der Waals surface area (Å²) in [6.07, 6.45) is -2.02. The number of rotatable bonds is 5. The minimum Gasteiger partial charge on any atom is -0.361 e. The number of likely N-dealkylation sites (N-methyl/N-ethyl adjacent to an activating group) is 2. The first-order valence-corrected chi connectivity index (χ1v) is 10.7. The zero-order valence-corrected chi connectivity index (χ0v) is 18.9. The van der Waals surface area contributed by atoms with Crippen molar-refractivity contribution in [3.05, 3.63) is 53.1 Å². The molecule has 4 rings (SSSR count). The molecule has 1 aliphatic heterocycles. The lowest BCUT2D eigenvalue weighted by molar-refractivity contribution is -0.140. The molecular formula is C23H26F4N6. The zero-order valence-electron chi connectivity index (χ0n) is 18.9. The molecule has 176 valence electrons. The number of hydrogen-bond donors (Lipinski definition) is 1. The zero-order chi connectivity index (χ0) is 23.9. The van der Waals surface area contributed by atoms with Crippen LogP contribution in [0.4, 0.5) is 29.2 Å². The van der Waals surface area contributed by atoms with E-state index in [1.807, 2.05) is 20.0 Å². The predicted molar refractivity (Wildman–Crippen MR) is 120 cm³/mol. The summed E-state index contributed by atoms with van der Waals surface area (Å²) in [5, 5.41) is 12.9. The van der Waals surface area contributed by atoms with Crippen LogP contribution in [0.3, 0.4) is 0 Å². The molecule has 1 fully saturated rings. The van der Waals surface area contributed by atoms with E-state index in [0.29, 0.717) is 17.6 Å². The standard InChI is InChI=1S/C23H26F4N6/c1-13(16-6-5-7-19(21(16)24)23(25,26)27)29-22-17-10-20(28-11-18(17)14(2)30-31-22)33(4)15-8-9-32(3)12-15/h5-7,10-11,13,15H,8-9,12H2,1-4H3,(H,29,31)/t13-,15+/m1/s1. The van der Waals surface area contributed by atoms with Crippen LogP contribution in [0, 0.1) is 12.7 Å². The van der Waals surface area contributed by atoms with Gasteiger partial charge >= 0.3 is 6.18 Å². The summed E-state index contributed by atoms with van der Waals surface area (Å²) < 4.78 is 54.1. The Labute approximate surface area is 189 Å². The van der Waals surface area contributed by atoms with Gasteiger partial charge in [0.15, 0.2) is 5.82 Å². The van der Waals surface area contributed by atoms with E-state index in [1.54, 1.807) is 13.1 Å². The molecule has 3 heterocycles. The van der Waals surface area contributed by atoms with Crippen molar-refractivity contribution in [2.24, 2.45) is 0 Å². The van der Waals surface area contributed by atoms with Crippen molar-refractivity contribution in [1.29, 1.82) is 0 Å². The molecule has 0 radical (unpaired) electrons. The molecule has 1 aromatic carbocycles. The molecule has 10 heteroatoms. The summed E-state index contributed by atoms with van der Waals surface area (Å²) in [4.78, 5) is 8.98. The van der Waals surface area contributed by atoms with E-state index < -0.39 is 23.6 Å². The smallest absolute Gasteiger partial charge is 0.361 e. The molecule has 0 saturated carbocycles. The first kappa shape index (κ1) is 23.2. The number of aromatic nitrogens is 3. The van der Waals surface area contributed by atoms with Gasteiger partial charge < -0.3 is 15.1 Å². The van der Waals surface area contributed by atoms with Gasteiger partial charge in [0.05, 0.1) is 17.3 Å². The van der Waals surface area contributed by atoms with Crippen LogP contribution in [0.2, 0.25) is 0 Å². The maximum atomic E-state index is 14.7. The molecule has 2 aromatic heterocycles. The summed E-state index contributed by atoms with van der Waals surface area (Å²) in [7, 11) is 4.07.